The zero-order chi connectivity index (χ0) is 38.8. The minimum absolute atomic E-state index is 0.796. The smallest absolute Gasteiger partial charge is 0.282 e. The standard InChI is InChI=1S/3C13H28O3.C2H4/c3*1-5-6-7-8-9-10-11-12-13(14-2,15-3)16-4;1-2/h3*5-12H2,1-4H3;1-2H2. The van der Waals surface area contributed by atoms with Gasteiger partial charge < -0.3 is 42.6 Å². The molecule has 0 unspecified atom stereocenters. The molecule has 0 aromatic rings. The van der Waals surface area contributed by atoms with Gasteiger partial charge in [0.05, 0.1) is 0 Å². The van der Waals surface area contributed by atoms with E-state index in [4.69, 9.17) is 42.6 Å². The highest BCUT2D eigenvalue weighted by Crippen LogP contribution is 2.23. The summed E-state index contributed by atoms with van der Waals surface area (Å²) in [5, 5.41) is 0. The minimum atomic E-state index is -0.830. The van der Waals surface area contributed by atoms with E-state index in [0.29, 0.717) is 0 Å². The Morgan fingerprint density at radius 2 is 0.400 bits per heavy atom. The third kappa shape index (κ3) is 32.1. The zero-order valence-electron chi connectivity index (χ0n) is 35.6. The molecule has 0 saturated heterocycles. The Balaban J connectivity index is -0.000000309. The van der Waals surface area contributed by atoms with Crippen LogP contribution in [0.25, 0.3) is 0 Å². The first-order chi connectivity index (χ1) is 24.2. The molecule has 9 nitrogen and oxygen atoms in total. The van der Waals surface area contributed by atoms with Crippen molar-refractivity contribution in [3.63, 3.8) is 0 Å². The van der Waals surface area contributed by atoms with Crippen molar-refractivity contribution in [2.45, 2.75) is 193 Å². The Labute approximate surface area is 312 Å². The van der Waals surface area contributed by atoms with E-state index in [0.717, 1.165) is 38.5 Å². The van der Waals surface area contributed by atoms with Gasteiger partial charge in [0.25, 0.3) is 17.9 Å². The Morgan fingerprint density at radius 1 is 0.260 bits per heavy atom. The molecule has 0 aromatic heterocycles. The van der Waals surface area contributed by atoms with E-state index in [1.165, 1.54) is 116 Å². The zero-order valence-corrected chi connectivity index (χ0v) is 35.6. The maximum atomic E-state index is 5.24. The molecule has 0 bridgehead atoms. The van der Waals surface area contributed by atoms with Gasteiger partial charge in [0.1, 0.15) is 0 Å². The normalized spacial score (nSPS) is 11.6. The van der Waals surface area contributed by atoms with Gasteiger partial charge in [-0.3, -0.25) is 0 Å². The van der Waals surface area contributed by atoms with Crippen LogP contribution >= 0.6 is 0 Å². The molecule has 0 aliphatic carbocycles. The average Bonchev–Trinajstić information content (AvgIpc) is 3.17. The van der Waals surface area contributed by atoms with Crippen molar-refractivity contribution in [1.29, 1.82) is 0 Å². The van der Waals surface area contributed by atoms with E-state index in [9.17, 15) is 0 Å². The van der Waals surface area contributed by atoms with Crippen LogP contribution in [0, 0.1) is 0 Å². The van der Waals surface area contributed by atoms with Gasteiger partial charge in [0, 0.05) is 83.3 Å². The molecule has 0 N–H and O–H groups in total. The van der Waals surface area contributed by atoms with E-state index in [1.54, 1.807) is 64.0 Å². The van der Waals surface area contributed by atoms with Gasteiger partial charge in [-0.2, -0.15) is 0 Å². The Hall–Kier alpha value is -0.620. The SMILES string of the molecule is C=C.CCCCCCCCCC(OC)(OC)OC.CCCCCCCCCC(OC)(OC)OC.CCCCCCCCCC(OC)(OC)OC. The lowest BCUT2D eigenvalue weighted by atomic mass is 10.1. The quantitative estimate of drug-likeness (QED) is 0.0373. The first-order valence-electron chi connectivity index (χ1n) is 19.7. The number of unbranched alkanes of at least 4 members (excludes halogenated alkanes) is 18. The number of rotatable bonds is 33. The summed E-state index contributed by atoms with van der Waals surface area (Å²) in [7, 11) is 14.6. The number of ether oxygens (including phenoxy) is 9. The highest BCUT2D eigenvalue weighted by atomic mass is 16.9. The molecule has 0 rings (SSSR count). The van der Waals surface area contributed by atoms with E-state index in [-0.39, 0.29) is 0 Å². The van der Waals surface area contributed by atoms with E-state index < -0.39 is 17.9 Å². The molecule has 0 aliphatic rings. The summed E-state index contributed by atoms with van der Waals surface area (Å²) in [6, 6.07) is 0. The maximum Gasteiger partial charge on any atom is 0.282 e. The predicted molar refractivity (Wildman–Crippen MR) is 210 cm³/mol. The molecule has 0 fully saturated rings. The monoisotopic (exact) mass is 725 g/mol. The van der Waals surface area contributed by atoms with Crippen molar-refractivity contribution in [1.82, 2.24) is 0 Å². The van der Waals surface area contributed by atoms with Crippen molar-refractivity contribution in [2.75, 3.05) is 64.0 Å². The molecule has 306 valence electrons. The van der Waals surface area contributed by atoms with E-state index in [1.807, 2.05) is 0 Å². The molecule has 0 aromatic carbocycles. The van der Waals surface area contributed by atoms with Gasteiger partial charge in [-0.15, -0.1) is 13.2 Å². The maximum absolute atomic E-state index is 5.24. The summed E-state index contributed by atoms with van der Waals surface area (Å²) >= 11 is 0. The first kappa shape index (κ1) is 56.1. The van der Waals surface area contributed by atoms with Crippen molar-refractivity contribution in [2.24, 2.45) is 0 Å². The van der Waals surface area contributed by atoms with Crippen LogP contribution in [-0.4, -0.2) is 81.9 Å². The lowest BCUT2D eigenvalue weighted by Gasteiger charge is -2.28. The van der Waals surface area contributed by atoms with Crippen LogP contribution in [0.4, 0.5) is 0 Å². The van der Waals surface area contributed by atoms with Crippen LogP contribution in [-0.2, 0) is 42.6 Å². The first-order valence-corrected chi connectivity index (χ1v) is 19.7. The summed E-state index contributed by atoms with van der Waals surface area (Å²) in [5.41, 5.74) is 0. The number of methoxy groups -OCH3 is 9. The van der Waals surface area contributed by atoms with E-state index in [2.05, 4.69) is 33.9 Å². The molecular formula is C41H88O9. The van der Waals surface area contributed by atoms with Gasteiger partial charge in [-0.05, 0) is 19.3 Å². The fourth-order valence-corrected chi connectivity index (χ4v) is 5.56. The highest BCUT2D eigenvalue weighted by Gasteiger charge is 2.30. The molecule has 0 spiro atoms. The van der Waals surface area contributed by atoms with Gasteiger partial charge in [-0.1, -0.05) is 136 Å². The largest absolute Gasteiger partial charge is 0.331 e. The molecule has 9 heteroatoms. The lowest BCUT2D eigenvalue weighted by molar-refractivity contribution is -0.355. The van der Waals surface area contributed by atoms with Crippen LogP contribution < -0.4 is 0 Å². The molecule has 0 radical (unpaired) electrons. The van der Waals surface area contributed by atoms with E-state index >= 15 is 0 Å². The Morgan fingerprint density at radius 3 is 0.540 bits per heavy atom. The number of hydrogen-bond acceptors (Lipinski definition) is 9. The molecule has 0 heterocycles. The molecule has 0 atom stereocenters. The molecular weight excluding hydrogens is 636 g/mol. The lowest BCUT2D eigenvalue weighted by Crippen LogP contribution is -2.35. The third-order valence-electron chi connectivity index (χ3n) is 9.06. The van der Waals surface area contributed by atoms with Crippen molar-refractivity contribution >= 4 is 0 Å². The van der Waals surface area contributed by atoms with Gasteiger partial charge in [-0.25, -0.2) is 0 Å². The topological polar surface area (TPSA) is 83.1 Å². The van der Waals surface area contributed by atoms with Crippen molar-refractivity contribution < 1.29 is 42.6 Å². The minimum Gasteiger partial charge on any atom is -0.331 e. The van der Waals surface area contributed by atoms with Crippen LogP contribution in [0.15, 0.2) is 13.2 Å². The average molecular weight is 725 g/mol. The Bertz CT molecular complexity index is 503. The van der Waals surface area contributed by atoms with Gasteiger partial charge in [0.15, 0.2) is 0 Å². The molecule has 0 amide bonds. The molecule has 0 aliphatic heterocycles. The summed E-state index contributed by atoms with van der Waals surface area (Å²) in [4.78, 5) is 0. The van der Waals surface area contributed by atoms with Gasteiger partial charge >= 0.3 is 0 Å². The fraction of sp³-hybridized carbons (Fsp3) is 0.951. The van der Waals surface area contributed by atoms with Crippen LogP contribution in [0.2, 0.25) is 0 Å². The summed E-state index contributed by atoms with van der Waals surface area (Å²) in [6.07, 6.45) is 29.3. The number of hydrogen-bond donors (Lipinski definition) is 0. The fourth-order valence-electron chi connectivity index (χ4n) is 5.56. The van der Waals surface area contributed by atoms with Crippen molar-refractivity contribution in [3.05, 3.63) is 13.2 Å². The second-order valence-electron chi connectivity index (χ2n) is 12.5. The van der Waals surface area contributed by atoms with Gasteiger partial charge in [0.2, 0.25) is 0 Å². The van der Waals surface area contributed by atoms with Crippen LogP contribution in [0.1, 0.15) is 175 Å². The predicted octanol–water partition coefficient (Wildman–Crippen LogP) is 12.0. The summed E-state index contributed by atoms with van der Waals surface area (Å²) in [6.45, 7) is 12.7. The molecule has 0 saturated carbocycles. The summed E-state index contributed by atoms with van der Waals surface area (Å²) < 4.78 is 47.1. The second-order valence-corrected chi connectivity index (χ2v) is 12.5. The molecule has 50 heavy (non-hydrogen) atoms. The highest BCUT2D eigenvalue weighted by molar-refractivity contribution is 4.58. The van der Waals surface area contributed by atoms with Crippen LogP contribution in [0.5, 0.6) is 0 Å². The second kappa shape index (κ2) is 42.8. The van der Waals surface area contributed by atoms with Crippen molar-refractivity contribution in [3.8, 4) is 0 Å². The van der Waals surface area contributed by atoms with Crippen LogP contribution in [0.3, 0.4) is 0 Å². The third-order valence-corrected chi connectivity index (χ3v) is 9.06. The Kier molecular flexibility index (Phi) is 48.0. The summed E-state index contributed by atoms with van der Waals surface area (Å²) in [5.74, 6) is -2.49.